The van der Waals surface area contributed by atoms with Crippen LogP contribution in [0.4, 0.5) is 4.79 Å². The highest BCUT2D eigenvalue weighted by atomic mass is 32.2. The third-order valence-electron chi connectivity index (χ3n) is 4.09. The summed E-state index contributed by atoms with van der Waals surface area (Å²) in [6.07, 6.45) is 4.70. The van der Waals surface area contributed by atoms with Gasteiger partial charge in [-0.1, -0.05) is 19.8 Å². The van der Waals surface area contributed by atoms with Crippen LogP contribution in [0.15, 0.2) is 0 Å². The molecule has 0 aromatic rings. The number of thioether (sulfide) groups is 1. The van der Waals surface area contributed by atoms with Crippen LogP contribution in [0.3, 0.4) is 0 Å². The van der Waals surface area contributed by atoms with Crippen LogP contribution in [0.2, 0.25) is 0 Å². The molecule has 20 heavy (non-hydrogen) atoms. The average Bonchev–Trinajstić information content (AvgIpc) is 2.85. The third kappa shape index (κ3) is 3.20. The number of rotatable bonds is 3. The molecule has 7 heteroatoms. The van der Waals surface area contributed by atoms with E-state index in [0.29, 0.717) is 5.75 Å². The van der Waals surface area contributed by atoms with E-state index in [-0.39, 0.29) is 23.5 Å². The maximum absolute atomic E-state index is 12.4. The molecule has 2 fully saturated rings. The maximum atomic E-state index is 12.4. The van der Waals surface area contributed by atoms with Crippen molar-refractivity contribution in [3.8, 4) is 0 Å². The SMILES string of the molecule is CCC1SCC(C(=O)O)N1C(=O)NC1CCCCC1N. The van der Waals surface area contributed by atoms with Crippen LogP contribution in [-0.2, 0) is 4.79 Å². The minimum absolute atomic E-state index is 0.0219. The summed E-state index contributed by atoms with van der Waals surface area (Å²) in [5, 5.41) is 12.1. The molecule has 0 aromatic heterocycles. The number of nitrogens with two attached hydrogens (primary N) is 1. The molecule has 2 rings (SSSR count). The van der Waals surface area contributed by atoms with Gasteiger partial charge in [-0.2, -0.15) is 0 Å². The van der Waals surface area contributed by atoms with Gasteiger partial charge in [-0.3, -0.25) is 4.90 Å². The van der Waals surface area contributed by atoms with Gasteiger partial charge in [0.25, 0.3) is 0 Å². The lowest BCUT2D eigenvalue weighted by atomic mass is 9.91. The fourth-order valence-corrected chi connectivity index (χ4v) is 4.26. The van der Waals surface area contributed by atoms with Crippen LogP contribution >= 0.6 is 11.8 Å². The number of nitrogens with zero attached hydrogens (tertiary/aromatic N) is 1. The molecule has 4 unspecified atom stereocenters. The topological polar surface area (TPSA) is 95.7 Å². The second kappa shape index (κ2) is 6.67. The lowest BCUT2D eigenvalue weighted by Crippen LogP contribution is -2.56. The summed E-state index contributed by atoms with van der Waals surface area (Å²) < 4.78 is 0. The van der Waals surface area contributed by atoms with Crippen molar-refractivity contribution in [3.63, 3.8) is 0 Å². The van der Waals surface area contributed by atoms with Gasteiger partial charge in [-0.05, 0) is 19.3 Å². The van der Waals surface area contributed by atoms with Crippen molar-refractivity contribution in [2.75, 3.05) is 5.75 Å². The van der Waals surface area contributed by atoms with E-state index >= 15 is 0 Å². The quantitative estimate of drug-likeness (QED) is 0.728. The molecule has 0 spiro atoms. The van der Waals surface area contributed by atoms with Crippen LogP contribution in [0.1, 0.15) is 39.0 Å². The van der Waals surface area contributed by atoms with Gasteiger partial charge >= 0.3 is 12.0 Å². The zero-order chi connectivity index (χ0) is 14.7. The smallest absolute Gasteiger partial charge is 0.327 e. The minimum Gasteiger partial charge on any atom is -0.480 e. The first kappa shape index (κ1) is 15.4. The van der Waals surface area contributed by atoms with Gasteiger partial charge in [-0.25, -0.2) is 9.59 Å². The number of nitrogens with one attached hydrogen (secondary N) is 1. The molecule has 0 bridgehead atoms. The molecule has 114 valence electrons. The zero-order valence-corrected chi connectivity index (χ0v) is 12.6. The van der Waals surface area contributed by atoms with Gasteiger partial charge in [-0.15, -0.1) is 11.8 Å². The first-order chi connectivity index (χ1) is 9.54. The molecular formula is C13H23N3O3S. The standard InChI is InChI=1S/C13H23N3O3S/c1-2-11-16(10(7-20-11)12(17)18)13(19)15-9-6-4-3-5-8(9)14/h8-11H,2-7,14H2,1H3,(H,15,19)(H,17,18). The Kier molecular flexibility index (Phi) is 5.15. The molecule has 0 aromatic carbocycles. The largest absolute Gasteiger partial charge is 0.480 e. The van der Waals surface area contributed by atoms with E-state index in [1.165, 1.54) is 16.7 Å². The Morgan fingerprint density at radius 1 is 1.40 bits per heavy atom. The number of carbonyl (C=O) groups is 2. The number of urea groups is 1. The van der Waals surface area contributed by atoms with E-state index in [1.807, 2.05) is 6.92 Å². The molecule has 2 aliphatic rings. The van der Waals surface area contributed by atoms with Crippen molar-refractivity contribution < 1.29 is 14.7 Å². The third-order valence-corrected chi connectivity index (χ3v) is 5.54. The molecule has 6 nitrogen and oxygen atoms in total. The summed E-state index contributed by atoms with van der Waals surface area (Å²) >= 11 is 1.53. The van der Waals surface area contributed by atoms with E-state index in [9.17, 15) is 14.7 Å². The van der Waals surface area contributed by atoms with Crippen LogP contribution < -0.4 is 11.1 Å². The normalized spacial score (nSPS) is 34.0. The fraction of sp³-hybridized carbons (Fsp3) is 0.846. The van der Waals surface area contributed by atoms with Crippen molar-refractivity contribution in [1.29, 1.82) is 0 Å². The highest BCUT2D eigenvalue weighted by molar-refractivity contribution is 8.00. The van der Waals surface area contributed by atoms with E-state index in [1.54, 1.807) is 0 Å². The van der Waals surface area contributed by atoms with Crippen LogP contribution in [0.5, 0.6) is 0 Å². The number of carboxylic acid groups (broad SMARTS) is 1. The van der Waals surface area contributed by atoms with Gasteiger partial charge in [0, 0.05) is 17.8 Å². The lowest BCUT2D eigenvalue weighted by molar-refractivity contribution is -0.141. The maximum Gasteiger partial charge on any atom is 0.327 e. The Morgan fingerprint density at radius 2 is 2.10 bits per heavy atom. The van der Waals surface area contributed by atoms with Gasteiger partial charge < -0.3 is 16.2 Å². The highest BCUT2D eigenvalue weighted by Crippen LogP contribution is 2.31. The summed E-state index contributed by atoms with van der Waals surface area (Å²) in [7, 11) is 0. The fourth-order valence-electron chi connectivity index (χ4n) is 2.91. The Morgan fingerprint density at radius 3 is 2.70 bits per heavy atom. The molecule has 1 aliphatic heterocycles. The first-order valence-electron chi connectivity index (χ1n) is 7.23. The van der Waals surface area contributed by atoms with Crippen molar-refractivity contribution in [1.82, 2.24) is 10.2 Å². The average molecular weight is 301 g/mol. The van der Waals surface area contributed by atoms with Gasteiger partial charge in [0.05, 0.1) is 5.37 Å². The zero-order valence-electron chi connectivity index (χ0n) is 11.7. The number of hydrogen-bond donors (Lipinski definition) is 3. The lowest BCUT2D eigenvalue weighted by Gasteiger charge is -2.33. The molecule has 1 saturated heterocycles. The predicted octanol–water partition coefficient (Wildman–Crippen LogP) is 1.20. The first-order valence-corrected chi connectivity index (χ1v) is 8.28. The van der Waals surface area contributed by atoms with Crippen LogP contribution in [-0.4, -0.2) is 51.3 Å². The second-order valence-corrected chi connectivity index (χ2v) is 6.67. The summed E-state index contributed by atoms with van der Waals surface area (Å²) in [6.45, 7) is 1.97. The van der Waals surface area contributed by atoms with Crippen molar-refractivity contribution in [2.24, 2.45) is 5.73 Å². The number of carbonyl (C=O) groups excluding carboxylic acids is 1. The highest BCUT2D eigenvalue weighted by Gasteiger charge is 2.41. The minimum atomic E-state index is -0.934. The molecule has 1 saturated carbocycles. The van der Waals surface area contributed by atoms with E-state index in [4.69, 9.17) is 5.73 Å². The molecular weight excluding hydrogens is 278 g/mol. The molecule has 1 heterocycles. The summed E-state index contributed by atoms with van der Waals surface area (Å²) in [6, 6.07) is -1.07. The molecule has 4 N–H and O–H groups in total. The Balaban J connectivity index is 2.03. The number of amides is 2. The number of hydrogen-bond acceptors (Lipinski definition) is 4. The molecule has 2 amide bonds. The summed E-state index contributed by atoms with van der Waals surface area (Å²) in [5.41, 5.74) is 6.03. The monoisotopic (exact) mass is 301 g/mol. The van der Waals surface area contributed by atoms with Gasteiger partial charge in [0.2, 0.25) is 0 Å². The molecule has 4 atom stereocenters. The Hall–Kier alpha value is -0.950. The predicted molar refractivity (Wildman–Crippen MR) is 78.6 cm³/mol. The number of carboxylic acids is 1. The van der Waals surface area contributed by atoms with Crippen LogP contribution in [0.25, 0.3) is 0 Å². The van der Waals surface area contributed by atoms with Crippen LogP contribution in [0, 0.1) is 0 Å². The van der Waals surface area contributed by atoms with E-state index < -0.39 is 12.0 Å². The second-order valence-electron chi connectivity index (χ2n) is 5.46. The molecule has 1 aliphatic carbocycles. The van der Waals surface area contributed by atoms with E-state index in [0.717, 1.165) is 32.1 Å². The summed E-state index contributed by atoms with van der Waals surface area (Å²) in [4.78, 5) is 25.2. The van der Waals surface area contributed by atoms with Crippen molar-refractivity contribution in [2.45, 2.75) is 62.5 Å². The Labute approximate surface area is 123 Å². The summed E-state index contributed by atoms with van der Waals surface area (Å²) in [5.74, 6) is -0.477. The van der Waals surface area contributed by atoms with Gasteiger partial charge in [0.1, 0.15) is 6.04 Å². The van der Waals surface area contributed by atoms with Gasteiger partial charge in [0.15, 0.2) is 0 Å². The van der Waals surface area contributed by atoms with E-state index in [2.05, 4.69) is 5.32 Å². The number of aliphatic carboxylic acids is 1. The van der Waals surface area contributed by atoms with Crippen molar-refractivity contribution in [3.05, 3.63) is 0 Å². The molecule has 0 radical (unpaired) electrons. The van der Waals surface area contributed by atoms with Crippen molar-refractivity contribution >= 4 is 23.8 Å². The Bertz CT molecular complexity index is 380.